The molecule has 0 N–H and O–H groups in total. The summed E-state index contributed by atoms with van der Waals surface area (Å²) in [7, 11) is -3.59. The van der Waals surface area contributed by atoms with Crippen molar-refractivity contribution in [2.75, 3.05) is 39.3 Å². The first-order chi connectivity index (χ1) is 12.5. The zero-order valence-corrected chi connectivity index (χ0v) is 15.6. The number of piperazine rings is 1. The van der Waals surface area contributed by atoms with Crippen molar-refractivity contribution in [1.29, 1.82) is 0 Å². The van der Waals surface area contributed by atoms with Crippen molar-refractivity contribution in [1.82, 2.24) is 9.21 Å². The average molecular weight is 378 g/mol. The monoisotopic (exact) mass is 378 g/mol. The Labute approximate surface area is 154 Å². The summed E-state index contributed by atoms with van der Waals surface area (Å²) >= 11 is 0. The van der Waals surface area contributed by atoms with Gasteiger partial charge < -0.3 is 4.74 Å². The number of hydrogen-bond acceptors (Lipinski definition) is 4. The van der Waals surface area contributed by atoms with Crippen LogP contribution in [0.4, 0.5) is 4.39 Å². The van der Waals surface area contributed by atoms with Crippen LogP contribution in [0, 0.1) is 12.7 Å². The molecule has 140 valence electrons. The molecule has 7 heteroatoms. The fraction of sp³-hybridized carbons (Fsp3) is 0.368. The first-order valence-electron chi connectivity index (χ1n) is 8.63. The summed E-state index contributed by atoms with van der Waals surface area (Å²) in [4.78, 5) is 2.37. The molecule has 3 rings (SSSR count). The highest BCUT2D eigenvalue weighted by atomic mass is 32.2. The second-order valence-electron chi connectivity index (χ2n) is 6.32. The topological polar surface area (TPSA) is 49.9 Å². The van der Waals surface area contributed by atoms with Gasteiger partial charge in [0.25, 0.3) is 0 Å². The van der Waals surface area contributed by atoms with E-state index in [1.807, 2.05) is 30.3 Å². The van der Waals surface area contributed by atoms with Gasteiger partial charge in [-0.15, -0.1) is 0 Å². The third-order valence-electron chi connectivity index (χ3n) is 4.51. The molecule has 2 aromatic rings. The molecule has 0 bridgehead atoms. The molecule has 1 aliphatic heterocycles. The Bertz CT molecular complexity index is 835. The molecule has 26 heavy (non-hydrogen) atoms. The van der Waals surface area contributed by atoms with Gasteiger partial charge in [0.1, 0.15) is 18.2 Å². The normalized spacial score (nSPS) is 16.5. The van der Waals surface area contributed by atoms with Crippen molar-refractivity contribution in [3.63, 3.8) is 0 Å². The number of sulfonamides is 1. The van der Waals surface area contributed by atoms with Crippen molar-refractivity contribution < 1.29 is 17.5 Å². The number of ether oxygens (including phenoxy) is 1. The van der Waals surface area contributed by atoms with E-state index in [9.17, 15) is 12.8 Å². The van der Waals surface area contributed by atoms with Crippen LogP contribution in [0.1, 0.15) is 5.56 Å². The van der Waals surface area contributed by atoms with Crippen molar-refractivity contribution in [2.24, 2.45) is 0 Å². The van der Waals surface area contributed by atoms with E-state index in [0.717, 1.165) is 12.3 Å². The zero-order chi connectivity index (χ0) is 18.6. The Hall–Kier alpha value is -1.96. The fourth-order valence-electron chi connectivity index (χ4n) is 3.04. The molecule has 0 aromatic heterocycles. The smallest absolute Gasteiger partial charge is 0.243 e. The third kappa shape index (κ3) is 4.41. The summed E-state index contributed by atoms with van der Waals surface area (Å²) in [5.74, 6) is 0.408. The molecule has 0 unspecified atom stereocenters. The highest BCUT2D eigenvalue weighted by molar-refractivity contribution is 7.89. The summed E-state index contributed by atoms with van der Waals surface area (Å²) in [5.41, 5.74) is 0.434. The number of hydrogen-bond donors (Lipinski definition) is 0. The highest BCUT2D eigenvalue weighted by Crippen LogP contribution is 2.22. The van der Waals surface area contributed by atoms with Crippen LogP contribution in [-0.4, -0.2) is 57.0 Å². The van der Waals surface area contributed by atoms with Crippen molar-refractivity contribution in [2.45, 2.75) is 11.8 Å². The first-order valence-corrected chi connectivity index (χ1v) is 10.1. The van der Waals surface area contributed by atoms with Crippen molar-refractivity contribution in [3.8, 4) is 5.75 Å². The minimum absolute atomic E-state index is 0.180. The largest absolute Gasteiger partial charge is 0.492 e. The van der Waals surface area contributed by atoms with Crippen LogP contribution < -0.4 is 4.74 Å². The molecule has 2 aromatic carbocycles. The van der Waals surface area contributed by atoms with Gasteiger partial charge in [-0.3, -0.25) is 4.90 Å². The van der Waals surface area contributed by atoms with Gasteiger partial charge in [-0.1, -0.05) is 18.2 Å². The number of para-hydroxylation sites is 1. The molecular weight excluding hydrogens is 355 g/mol. The van der Waals surface area contributed by atoms with Crippen LogP contribution in [0.2, 0.25) is 0 Å². The van der Waals surface area contributed by atoms with E-state index in [-0.39, 0.29) is 4.90 Å². The molecule has 0 atom stereocenters. The molecule has 1 heterocycles. The lowest BCUT2D eigenvalue weighted by Gasteiger charge is -2.34. The minimum atomic E-state index is -3.59. The Balaban J connectivity index is 1.53. The molecule has 0 spiro atoms. The lowest BCUT2D eigenvalue weighted by Crippen LogP contribution is -2.49. The Kier molecular flexibility index (Phi) is 5.90. The second-order valence-corrected chi connectivity index (χ2v) is 8.22. The highest BCUT2D eigenvalue weighted by Gasteiger charge is 2.29. The summed E-state index contributed by atoms with van der Waals surface area (Å²) in [6, 6.07) is 13.4. The maximum absolute atomic E-state index is 13.2. The lowest BCUT2D eigenvalue weighted by molar-refractivity contribution is 0.159. The predicted octanol–water partition coefficient (Wildman–Crippen LogP) is 2.52. The van der Waals surface area contributed by atoms with Gasteiger partial charge in [0.15, 0.2) is 0 Å². The first kappa shape index (κ1) is 18.8. The molecule has 1 aliphatic rings. The third-order valence-corrected chi connectivity index (χ3v) is 6.56. The van der Waals surface area contributed by atoms with Crippen LogP contribution in [0.15, 0.2) is 53.4 Å². The van der Waals surface area contributed by atoms with Crippen molar-refractivity contribution in [3.05, 3.63) is 59.9 Å². The lowest BCUT2D eigenvalue weighted by atomic mass is 10.2. The van der Waals surface area contributed by atoms with Gasteiger partial charge in [-0.25, -0.2) is 12.8 Å². The van der Waals surface area contributed by atoms with Gasteiger partial charge in [-0.2, -0.15) is 4.31 Å². The summed E-state index contributed by atoms with van der Waals surface area (Å²) in [6.45, 7) is 5.07. The number of halogens is 1. The van der Waals surface area contributed by atoms with E-state index in [0.29, 0.717) is 38.3 Å². The van der Waals surface area contributed by atoms with Crippen LogP contribution in [-0.2, 0) is 10.0 Å². The van der Waals surface area contributed by atoms with Crippen molar-refractivity contribution >= 4 is 10.0 Å². The average Bonchev–Trinajstić information content (AvgIpc) is 2.63. The number of rotatable bonds is 6. The summed E-state index contributed by atoms with van der Waals surface area (Å²) in [5, 5.41) is 0. The van der Waals surface area contributed by atoms with Crippen LogP contribution in [0.25, 0.3) is 0 Å². The van der Waals surface area contributed by atoms with Crippen LogP contribution >= 0.6 is 0 Å². The minimum Gasteiger partial charge on any atom is -0.492 e. The van der Waals surface area contributed by atoms with Gasteiger partial charge >= 0.3 is 0 Å². The standard InChI is InChI=1S/C19H23FN2O3S/c1-16-15-17(20)7-8-19(16)26(23,24)22-11-9-21(10-12-22)13-14-25-18-5-3-2-4-6-18/h2-8,15H,9-14H2,1H3. The number of nitrogens with zero attached hydrogens (tertiary/aromatic N) is 2. The molecule has 0 amide bonds. The number of aryl methyl sites for hydroxylation is 1. The quantitative estimate of drug-likeness (QED) is 0.775. The van der Waals surface area contributed by atoms with E-state index < -0.39 is 15.8 Å². The molecule has 0 aliphatic carbocycles. The summed E-state index contributed by atoms with van der Waals surface area (Å²) in [6.07, 6.45) is 0. The Morgan fingerprint density at radius 1 is 1.04 bits per heavy atom. The molecule has 5 nitrogen and oxygen atoms in total. The predicted molar refractivity (Wildman–Crippen MR) is 98.3 cm³/mol. The van der Waals surface area contributed by atoms with E-state index in [1.165, 1.54) is 22.5 Å². The number of benzene rings is 2. The van der Waals surface area contributed by atoms with Gasteiger partial charge in [0, 0.05) is 32.7 Å². The van der Waals surface area contributed by atoms with Crippen LogP contribution in [0.3, 0.4) is 0 Å². The molecule has 1 fully saturated rings. The molecule has 1 saturated heterocycles. The maximum atomic E-state index is 13.2. The van der Waals surface area contributed by atoms with E-state index >= 15 is 0 Å². The second kappa shape index (κ2) is 8.16. The molecule has 0 saturated carbocycles. The van der Waals surface area contributed by atoms with Crippen LogP contribution in [0.5, 0.6) is 5.75 Å². The van der Waals surface area contributed by atoms with Gasteiger partial charge in [-0.05, 0) is 42.8 Å². The summed E-state index contributed by atoms with van der Waals surface area (Å²) < 4.78 is 46.0. The van der Waals surface area contributed by atoms with Gasteiger partial charge in [0.2, 0.25) is 10.0 Å². The van der Waals surface area contributed by atoms with E-state index in [4.69, 9.17) is 4.74 Å². The van der Waals surface area contributed by atoms with Gasteiger partial charge in [0.05, 0.1) is 4.90 Å². The van der Waals surface area contributed by atoms with E-state index in [2.05, 4.69) is 4.90 Å². The Morgan fingerprint density at radius 3 is 2.38 bits per heavy atom. The zero-order valence-electron chi connectivity index (χ0n) is 14.8. The maximum Gasteiger partial charge on any atom is 0.243 e. The molecular formula is C19H23FN2O3S. The Morgan fingerprint density at radius 2 is 1.73 bits per heavy atom. The van der Waals surface area contributed by atoms with E-state index in [1.54, 1.807) is 6.92 Å². The SMILES string of the molecule is Cc1cc(F)ccc1S(=O)(=O)N1CCN(CCOc2ccccc2)CC1. The molecule has 0 radical (unpaired) electrons. The fourth-order valence-corrected chi connectivity index (χ4v) is 4.67.